The fourth-order valence-electron chi connectivity index (χ4n) is 3.46. The minimum Gasteiger partial charge on any atom is -0.435 e. The standard InChI is InChI=1S/C23H30F3N3O2S/c1-6-16-10-17(31-23(25)26)11-18(14(2)3)19(16)12-22(30)28-32(27)21-8-7-15(9-20(21)24)13-29(4)5/h7-11,14,23H,6,12-13H2,1-5H3,(H2,27,28,30). The highest BCUT2D eigenvalue weighted by atomic mass is 32.2. The van der Waals surface area contributed by atoms with Crippen LogP contribution in [-0.2, 0) is 35.1 Å². The summed E-state index contributed by atoms with van der Waals surface area (Å²) in [6, 6.07) is 7.77. The Hall–Kier alpha value is -2.23. The van der Waals surface area contributed by atoms with Crippen molar-refractivity contribution in [3.63, 3.8) is 0 Å². The van der Waals surface area contributed by atoms with Crippen LogP contribution in [0.2, 0.25) is 0 Å². The third-order valence-electron chi connectivity index (χ3n) is 4.83. The quantitative estimate of drug-likeness (QED) is 0.563. The molecule has 0 radical (unpaired) electrons. The van der Waals surface area contributed by atoms with E-state index < -0.39 is 29.2 Å². The van der Waals surface area contributed by atoms with E-state index in [-0.39, 0.29) is 23.0 Å². The minimum atomic E-state index is -2.93. The van der Waals surface area contributed by atoms with Crippen molar-refractivity contribution in [1.29, 1.82) is 0 Å². The fourth-order valence-corrected chi connectivity index (χ4v) is 4.31. The molecule has 1 unspecified atom stereocenters. The monoisotopic (exact) mass is 469 g/mol. The number of carbonyl (C=O) groups excluding carboxylic acids is 1. The molecule has 2 N–H and O–H groups in total. The zero-order chi connectivity index (χ0) is 24.0. The number of amides is 1. The van der Waals surface area contributed by atoms with Crippen LogP contribution in [0.25, 0.3) is 0 Å². The largest absolute Gasteiger partial charge is 0.435 e. The van der Waals surface area contributed by atoms with Crippen LogP contribution in [0.1, 0.15) is 48.9 Å². The zero-order valence-corrected chi connectivity index (χ0v) is 19.8. The van der Waals surface area contributed by atoms with Crippen molar-refractivity contribution in [3.05, 3.63) is 58.4 Å². The molecule has 2 rings (SSSR count). The predicted molar refractivity (Wildman–Crippen MR) is 121 cm³/mol. The molecule has 0 aromatic heterocycles. The Morgan fingerprint density at radius 3 is 2.44 bits per heavy atom. The first-order valence-corrected chi connectivity index (χ1v) is 11.5. The van der Waals surface area contributed by atoms with Gasteiger partial charge >= 0.3 is 6.61 Å². The van der Waals surface area contributed by atoms with Gasteiger partial charge in [0.15, 0.2) is 0 Å². The molecular formula is C23H30F3N3O2S. The van der Waals surface area contributed by atoms with E-state index in [0.29, 0.717) is 13.0 Å². The summed E-state index contributed by atoms with van der Waals surface area (Å²) in [5.41, 5.74) is 2.97. The Bertz CT molecular complexity index is 995. The molecule has 0 saturated carbocycles. The third-order valence-corrected chi connectivity index (χ3v) is 6.01. The van der Waals surface area contributed by atoms with Gasteiger partial charge in [0.25, 0.3) is 5.91 Å². The summed E-state index contributed by atoms with van der Waals surface area (Å²) in [5.74, 6) is -0.960. The Balaban J connectivity index is 2.32. The first-order valence-electron chi connectivity index (χ1n) is 10.3. The van der Waals surface area contributed by atoms with Gasteiger partial charge in [0.05, 0.1) is 11.3 Å². The third kappa shape index (κ3) is 7.15. The molecular weight excluding hydrogens is 439 g/mol. The number of aryl methyl sites for hydroxylation is 1. The number of nitrogens with zero attached hydrogens (tertiary/aromatic N) is 2. The van der Waals surface area contributed by atoms with Crippen molar-refractivity contribution >= 4 is 16.8 Å². The van der Waals surface area contributed by atoms with Gasteiger partial charge in [-0.05, 0) is 73.0 Å². The molecule has 176 valence electrons. The number of alkyl halides is 2. The lowest BCUT2D eigenvalue weighted by Crippen LogP contribution is -2.14. The smallest absolute Gasteiger partial charge is 0.387 e. The Kier molecular flexibility index (Phi) is 9.42. The van der Waals surface area contributed by atoms with Crippen molar-refractivity contribution in [1.82, 2.24) is 4.90 Å². The molecule has 0 spiro atoms. The highest BCUT2D eigenvalue weighted by Crippen LogP contribution is 2.30. The Morgan fingerprint density at radius 1 is 1.22 bits per heavy atom. The number of rotatable bonds is 9. The van der Waals surface area contributed by atoms with Crippen molar-refractivity contribution in [3.8, 4) is 5.75 Å². The van der Waals surface area contributed by atoms with E-state index in [9.17, 15) is 18.0 Å². The number of carbonyl (C=O) groups is 1. The van der Waals surface area contributed by atoms with Gasteiger partial charge in [0, 0.05) is 17.4 Å². The zero-order valence-electron chi connectivity index (χ0n) is 19.0. The Morgan fingerprint density at radius 2 is 1.91 bits per heavy atom. The number of ether oxygens (including phenoxy) is 1. The molecule has 0 saturated heterocycles. The molecule has 0 aliphatic carbocycles. The van der Waals surface area contributed by atoms with Crippen molar-refractivity contribution in [2.24, 2.45) is 9.50 Å². The number of halogens is 3. The van der Waals surface area contributed by atoms with Crippen molar-refractivity contribution in [2.75, 3.05) is 14.1 Å². The van der Waals surface area contributed by atoms with Crippen LogP contribution < -0.4 is 9.88 Å². The van der Waals surface area contributed by atoms with Crippen LogP contribution in [-0.4, -0.2) is 31.5 Å². The molecule has 9 heteroatoms. The molecule has 0 fully saturated rings. The van der Waals surface area contributed by atoms with Gasteiger partial charge in [-0.1, -0.05) is 26.8 Å². The van der Waals surface area contributed by atoms with Gasteiger partial charge in [-0.25, -0.2) is 4.39 Å². The van der Waals surface area contributed by atoms with Crippen LogP contribution in [0.15, 0.2) is 39.6 Å². The second-order valence-corrected chi connectivity index (χ2v) is 9.27. The number of hydrogen-bond acceptors (Lipinski definition) is 3. The van der Waals surface area contributed by atoms with Crippen molar-refractivity contribution in [2.45, 2.75) is 57.6 Å². The van der Waals surface area contributed by atoms with Crippen molar-refractivity contribution < 1.29 is 22.7 Å². The van der Waals surface area contributed by atoms with E-state index in [1.165, 1.54) is 18.2 Å². The van der Waals surface area contributed by atoms with Gasteiger partial charge in [-0.15, -0.1) is 0 Å². The average molecular weight is 470 g/mol. The summed E-state index contributed by atoms with van der Waals surface area (Å²) in [5, 5.41) is 6.04. The SMILES string of the molecule is CCc1cc(OC(F)F)cc(C(C)C)c1CC(=O)N=S(N)c1ccc(CN(C)C)cc1F. The van der Waals surface area contributed by atoms with Gasteiger partial charge < -0.3 is 9.64 Å². The van der Waals surface area contributed by atoms with Gasteiger partial charge in [0.2, 0.25) is 0 Å². The van der Waals surface area contributed by atoms with Crippen LogP contribution in [0.3, 0.4) is 0 Å². The molecule has 1 atom stereocenters. The van der Waals surface area contributed by atoms with E-state index in [0.717, 1.165) is 22.3 Å². The molecule has 2 aromatic carbocycles. The molecule has 1 amide bonds. The molecule has 0 aliphatic rings. The number of hydrogen-bond donors (Lipinski definition) is 1. The maximum absolute atomic E-state index is 14.5. The van der Waals surface area contributed by atoms with Crippen LogP contribution in [0.5, 0.6) is 5.75 Å². The Labute approximate surface area is 190 Å². The minimum absolute atomic E-state index is 0.0258. The normalized spacial score (nSPS) is 12.8. The van der Waals surface area contributed by atoms with E-state index >= 15 is 0 Å². The maximum Gasteiger partial charge on any atom is 0.387 e. The predicted octanol–water partition coefficient (Wildman–Crippen LogP) is 4.98. The molecule has 5 nitrogen and oxygen atoms in total. The van der Waals surface area contributed by atoms with E-state index in [4.69, 9.17) is 5.14 Å². The average Bonchev–Trinajstić information content (AvgIpc) is 2.67. The first-order chi connectivity index (χ1) is 15.0. The summed E-state index contributed by atoms with van der Waals surface area (Å²) in [6.07, 6.45) is 0.478. The highest BCUT2D eigenvalue weighted by Gasteiger charge is 2.18. The number of nitrogens with two attached hydrogens (primary N) is 1. The summed E-state index contributed by atoms with van der Waals surface area (Å²) in [6.45, 7) is 3.33. The molecule has 0 aliphatic heterocycles. The lowest BCUT2D eigenvalue weighted by molar-refractivity contribution is -0.117. The summed E-state index contributed by atoms with van der Waals surface area (Å²) >= 11 is 0. The van der Waals surface area contributed by atoms with Gasteiger partial charge in [0.1, 0.15) is 11.6 Å². The highest BCUT2D eigenvalue weighted by molar-refractivity contribution is 7.85. The second-order valence-electron chi connectivity index (χ2n) is 8.02. The molecule has 32 heavy (non-hydrogen) atoms. The van der Waals surface area contributed by atoms with Crippen LogP contribution >= 0.6 is 0 Å². The van der Waals surface area contributed by atoms with Crippen LogP contribution in [0.4, 0.5) is 13.2 Å². The molecule has 0 bridgehead atoms. The lowest BCUT2D eigenvalue weighted by Gasteiger charge is -2.18. The fraction of sp³-hybridized carbons (Fsp3) is 0.435. The van der Waals surface area contributed by atoms with E-state index in [1.54, 1.807) is 12.1 Å². The lowest BCUT2D eigenvalue weighted by atomic mass is 9.90. The second kappa shape index (κ2) is 11.6. The van der Waals surface area contributed by atoms with E-state index in [1.807, 2.05) is 39.8 Å². The van der Waals surface area contributed by atoms with Crippen LogP contribution in [0, 0.1) is 5.82 Å². The first kappa shape index (κ1) is 26.0. The molecule has 2 aromatic rings. The summed E-state index contributed by atoms with van der Waals surface area (Å²) in [4.78, 5) is 14.8. The van der Waals surface area contributed by atoms with Gasteiger partial charge in [-0.2, -0.15) is 13.1 Å². The number of benzene rings is 2. The maximum atomic E-state index is 14.5. The summed E-state index contributed by atoms with van der Waals surface area (Å²) < 4.78 is 48.5. The summed E-state index contributed by atoms with van der Waals surface area (Å²) in [7, 11) is 2.32. The van der Waals surface area contributed by atoms with Gasteiger partial charge in [-0.3, -0.25) is 9.93 Å². The topological polar surface area (TPSA) is 67.9 Å². The van der Waals surface area contributed by atoms with E-state index in [2.05, 4.69) is 9.10 Å². The molecule has 0 heterocycles.